The molecular formula is C102H97O6P8+5. The Morgan fingerprint density at radius 3 is 0.293 bits per heavy atom. The predicted octanol–water partition coefficient (Wildman–Crippen LogP) is 17.1. The molecule has 17 rings (SSSR count). The molecule has 6 nitrogen and oxygen atoms in total. The molecule has 0 heterocycles. The van der Waals surface area contributed by atoms with Gasteiger partial charge in [0.2, 0.25) is 0 Å². The van der Waals surface area contributed by atoms with E-state index in [2.05, 4.69) is 485 Å². The van der Waals surface area contributed by atoms with Crippen molar-refractivity contribution in [2.75, 3.05) is 0 Å². The fraction of sp³-hybridized carbons (Fsp3) is 0. The number of hydrogen-bond acceptors (Lipinski definition) is 4. The first-order valence-corrected chi connectivity index (χ1v) is 47.4. The summed E-state index contributed by atoms with van der Waals surface area (Å²) in [4.78, 5) is 38.9. The minimum Gasteiger partial charge on any atom is -0.328 e. The average Bonchev–Trinajstić information content (AvgIpc) is 0.758. The van der Waals surface area contributed by atoms with Crippen molar-refractivity contribution in [3.8, 4) is 0 Å². The molecule has 5 N–H and O–H groups in total. The lowest BCUT2D eigenvalue weighted by Gasteiger charge is -2.27. The highest BCUT2D eigenvalue weighted by Crippen LogP contribution is 2.57. The third-order valence-electron chi connectivity index (χ3n) is 19.4. The van der Waals surface area contributed by atoms with Gasteiger partial charge in [0.25, 0.3) is 0 Å². The Balaban J connectivity index is 0.000000167. The van der Waals surface area contributed by atoms with Gasteiger partial charge in [0, 0.05) is 0 Å². The number of benzene rings is 17. The van der Waals surface area contributed by atoms with Crippen molar-refractivity contribution in [2.45, 2.75) is 0 Å². The molecular weight excluding hydrogens is 1570 g/mol. The van der Waals surface area contributed by atoms with E-state index < -0.39 is 45.2 Å². The smallest absolute Gasteiger partial charge is 0.328 e. The first-order valence-electron chi connectivity index (χ1n) is 37.5. The van der Waals surface area contributed by atoms with E-state index in [0.717, 1.165) is 0 Å². The summed E-state index contributed by atoms with van der Waals surface area (Å²) >= 11 is 0. The lowest BCUT2D eigenvalue weighted by Crippen LogP contribution is -2.38. The summed E-state index contributed by atoms with van der Waals surface area (Å²) in [5.41, 5.74) is 0. The van der Waals surface area contributed by atoms with E-state index in [4.69, 9.17) is 24.5 Å². The molecule has 14 heteroatoms. The van der Waals surface area contributed by atoms with E-state index in [0.29, 0.717) is 0 Å². The summed E-state index contributed by atoms with van der Waals surface area (Å²) in [6.07, 6.45) is 0. The molecule has 0 saturated carbocycles. The Hall–Kier alpha value is -10.2. The van der Waals surface area contributed by atoms with Crippen LogP contribution in [0.4, 0.5) is 0 Å². The second-order valence-corrected chi connectivity index (χ2v) is 42.0. The quantitative estimate of drug-likeness (QED) is 0.0580. The first kappa shape index (κ1) is 88.2. The molecule has 576 valence electrons. The van der Waals surface area contributed by atoms with Crippen LogP contribution in [0.2, 0.25) is 0 Å². The van der Waals surface area contributed by atoms with E-state index in [9.17, 15) is 4.57 Å². The minimum absolute atomic E-state index is 0. The highest BCUT2D eigenvalue weighted by Gasteiger charge is 2.51. The second kappa shape index (κ2) is 44.8. The van der Waals surface area contributed by atoms with Crippen molar-refractivity contribution in [1.82, 2.24) is 0 Å². The van der Waals surface area contributed by atoms with Crippen LogP contribution in [0.3, 0.4) is 0 Å². The van der Waals surface area contributed by atoms with Crippen LogP contribution in [0.5, 0.6) is 0 Å². The van der Waals surface area contributed by atoms with Gasteiger partial charge in [-0.3, -0.25) is 4.57 Å². The lowest BCUT2D eigenvalue weighted by atomic mass is 10.3. The average molecular weight is 1670 g/mol. The van der Waals surface area contributed by atoms with Crippen molar-refractivity contribution in [2.24, 2.45) is 0 Å². The third-order valence-corrected chi connectivity index (χ3v) is 37.5. The van der Waals surface area contributed by atoms with Crippen LogP contribution >= 0.6 is 65.0 Å². The van der Waals surface area contributed by atoms with Gasteiger partial charge in [0.15, 0.2) is 0 Å². The zero-order valence-electron chi connectivity index (χ0n) is 65.3. The normalized spacial score (nSPS) is 10.9. The third kappa shape index (κ3) is 21.1. The van der Waals surface area contributed by atoms with Gasteiger partial charge >= 0.3 is 17.6 Å². The standard InChI is InChI=1S/4C24H20P.C6H7O3P.H3O3P.2H3P/c4*1-5-13-21(14-6-1)25(22-15-7-2-8-16-22,23-17-9-3-10-18-23)24-19-11-4-12-20-24;7-10(8,9)6-4-2-1-3-5-6;1-4(2)3;;/h4*1-20H;1-5H,(H2,7,8,9);1-3H;2*1H3/q4*+1;;;;/p+1. The predicted molar refractivity (Wildman–Crippen MR) is 520 cm³/mol. The van der Waals surface area contributed by atoms with Crippen LogP contribution in [0.25, 0.3) is 0 Å². The van der Waals surface area contributed by atoms with Crippen LogP contribution < -0.4 is 90.2 Å². The van der Waals surface area contributed by atoms with E-state index in [1.54, 1.807) is 18.2 Å². The van der Waals surface area contributed by atoms with Crippen LogP contribution in [0, 0.1) is 0 Å². The Bertz CT molecular complexity index is 4300. The molecule has 116 heavy (non-hydrogen) atoms. The van der Waals surface area contributed by atoms with Crippen molar-refractivity contribution in [1.29, 1.82) is 0 Å². The van der Waals surface area contributed by atoms with Crippen LogP contribution in [0.1, 0.15) is 1.43 Å². The zero-order chi connectivity index (χ0) is 79.0. The molecule has 0 bridgehead atoms. The van der Waals surface area contributed by atoms with Crippen LogP contribution in [-0.4, -0.2) is 24.5 Å². The molecule has 0 spiro atoms. The fourth-order valence-electron chi connectivity index (χ4n) is 14.6. The first-order chi connectivity index (χ1) is 56.0. The topological polar surface area (TPSA) is 118 Å². The maximum Gasteiger partial charge on any atom is 1.00 e. The monoisotopic (exact) mass is 1670 g/mol. The number of hydrogen-bond donors (Lipinski definition) is 5. The molecule has 0 amide bonds. The molecule has 0 aromatic heterocycles. The zero-order valence-corrected chi connectivity index (χ0v) is 72.5. The molecule has 2 unspecified atom stereocenters. The molecule has 17 aromatic carbocycles. The van der Waals surface area contributed by atoms with E-state index in [-0.39, 0.29) is 26.5 Å². The molecule has 0 aliphatic rings. The summed E-state index contributed by atoms with van der Waals surface area (Å²) in [6.45, 7) is 0. The van der Waals surface area contributed by atoms with E-state index >= 15 is 0 Å². The minimum atomic E-state index is -4.02. The maximum absolute atomic E-state index is 10.5. The molecule has 0 fully saturated rings. The Kier molecular flexibility index (Phi) is 34.0. The van der Waals surface area contributed by atoms with E-state index in [1.165, 1.54) is 97.0 Å². The summed E-state index contributed by atoms with van der Waals surface area (Å²) in [5, 5.41) is 22.3. The van der Waals surface area contributed by atoms with Gasteiger partial charge in [0.05, 0.1) is 5.30 Å². The van der Waals surface area contributed by atoms with Crippen molar-refractivity contribution < 1.29 is 30.5 Å². The summed E-state index contributed by atoms with van der Waals surface area (Å²) < 4.78 is 10.5. The van der Waals surface area contributed by atoms with Gasteiger partial charge in [-0.25, -0.2) is 0 Å². The van der Waals surface area contributed by atoms with Gasteiger partial charge in [-0.05, 0) is 206 Å². The van der Waals surface area contributed by atoms with Crippen LogP contribution in [-0.2, 0) is 4.57 Å². The van der Waals surface area contributed by atoms with Gasteiger partial charge in [-0.2, -0.15) is 19.8 Å². The number of rotatable bonds is 17. The SMILES string of the molecule is O=P(O)(O)c1ccccc1.OP(O)O.P.P.[H+].c1ccc([P+](c2ccccc2)(c2ccccc2)c2ccccc2)cc1.c1ccc([P+](c2ccccc2)(c2ccccc2)c2ccccc2)cc1.c1ccc([P+](c2ccccc2)(c2ccccc2)c2ccccc2)cc1.c1ccc([P+](c2ccccc2)(c2ccccc2)c2ccccc2)cc1. The van der Waals surface area contributed by atoms with Gasteiger partial charge in [0.1, 0.15) is 114 Å². The van der Waals surface area contributed by atoms with Crippen molar-refractivity contribution >= 4 is 155 Å². The molecule has 0 aliphatic heterocycles. The highest BCUT2D eigenvalue weighted by atomic mass is 31.2. The molecule has 0 radical (unpaired) electrons. The summed E-state index contributed by atoms with van der Waals surface area (Å²) in [5.74, 6) is 0. The van der Waals surface area contributed by atoms with Crippen LogP contribution in [0.15, 0.2) is 516 Å². The van der Waals surface area contributed by atoms with Gasteiger partial charge in [-0.15, -0.1) is 0 Å². The molecule has 0 saturated heterocycles. The Morgan fingerprint density at radius 1 is 0.164 bits per heavy atom. The Labute approximate surface area is 696 Å². The summed E-state index contributed by atoms with van der Waals surface area (Å²) in [7, 11) is -14.3. The van der Waals surface area contributed by atoms with Gasteiger partial charge < -0.3 is 24.5 Å². The molecule has 2 atom stereocenters. The fourth-order valence-corrected chi connectivity index (χ4v) is 32.3. The molecule has 0 aliphatic carbocycles. The van der Waals surface area contributed by atoms with Crippen molar-refractivity contribution in [3.63, 3.8) is 0 Å². The second-order valence-electron chi connectivity index (χ2n) is 26.2. The summed E-state index contributed by atoms with van der Waals surface area (Å²) in [6, 6.07) is 183. The highest BCUT2D eigenvalue weighted by molar-refractivity contribution is 8.03. The van der Waals surface area contributed by atoms with Gasteiger partial charge in [-0.1, -0.05) is 309 Å². The lowest BCUT2D eigenvalue weighted by molar-refractivity contribution is 0.368. The Morgan fingerprint density at radius 2 is 0.233 bits per heavy atom. The van der Waals surface area contributed by atoms with E-state index in [1.807, 2.05) is 0 Å². The molecule has 17 aromatic rings. The largest absolute Gasteiger partial charge is 1.00 e. The maximum atomic E-state index is 10.5. The van der Waals surface area contributed by atoms with Crippen molar-refractivity contribution in [3.05, 3.63) is 516 Å².